The maximum absolute atomic E-state index is 13.0. The summed E-state index contributed by atoms with van der Waals surface area (Å²) in [6.45, 7) is 6.37. The second-order valence-corrected chi connectivity index (χ2v) is 9.21. The lowest BCUT2D eigenvalue weighted by atomic mass is 10.1. The molecule has 0 unspecified atom stereocenters. The zero-order chi connectivity index (χ0) is 24.1. The third-order valence-electron chi connectivity index (χ3n) is 6.08. The summed E-state index contributed by atoms with van der Waals surface area (Å²) < 4.78 is 7.24. The van der Waals surface area contributed by atoms with Gasteiger partial charge < -0.3 is 14.5 Å². The van der Waals surface area contributed by atoms with Crippen molar-refractivity contribution < 1.29 is 14.3 Å². The monoisotopic (exact) mass is 479 g/mol. The number of carbonyl (C=O) groups excluding carboxylic acids is 2. The molecule has 2 amide bonds. The van der Waals surface area contributed by atoms with Crippen molar-refractivity contribution in [1.82, 2.24) is 24.6 Å². The van der Waals surface area contributed by atoms with Crippen LogP contribution in [0.15, 0.2) is 53.9 Å². The van der Waals surface area contributed by atoms with Crippen molar-refractivity contribution in [3.8, 4) is 11.4 Å². The molecule has 1 aliphatic heterocycles. The van der Waals surface area contributed by atoms with Crippen molar-refractivity contribution in [2.45, 2.75) is 25.4 Å². The van der Waals surface area contributed by atoms with E-state index in [4.69, 9.17) is 4.74 Å². The maximum Gasteiger partial charge on any atom is 0.257 e. The highest BCUT2D eigenvalue weighted by Crippen LogP contribution is 2.23. The first-order valence-corrected chi connectivity index (χ1v) is 12.3. The van der Waals surface area contributed by atoms with Gasteiger partial charge in [-0.2, -0.15) is 0 Å². The van der Waals surface area contributed by atoms with Gasteiger partial charge in [0.05, 0.1) is 18.4 Å². The molecule has 178 valence electrons. The third kappa shape index (κ3) is 5.25. The van der Waals surface area contributed by atoms with Gasteiger partial charge in [-0.25, -0.2) is 0 Å². The minimum Gasteiger partial charge on any atom is -0.496 e. The lowest BCUT2D eigenvalue weighted by Gasteiger charge is -2.23. The highest BCUT2D eigenvalue weighted by atomic mass is 32.2. The number of benzene rings is 2. The highest BCUT2D eigenvalue weighted by molar-refractivity contribution is 7.99. The summed E-state index contributed by atoms with van der Waals surface area (Å²) in [5.74, 6) is 0.798. The van der Waals surface area contributed by atoms with Gasteiger partial charge in [-0.15, -0.1) is 10.2 Å². The summed E-state index contributed by atoms with van der Waals surface area (Å²) in [4.78, 5) is 29.6. The Morgan fingerprint density at radius 1 is 1.00 bits per heavy atom. The van der Waals surface area contributed by atoms with E-state index in [0.29, 0.717) is 42.6 Å². The van der Waals surface area contributed by atoms with E-state index >= 15 is 0 Å². The molecule has 0 spiro atoms. The first kappa shape index (κ1) is 23.8. The van der Waals surface area contributed by atoms with Crippen LogP contribution in [0.25, 0.3) is 5.69 Å². The van der Waals surface area contributed by atoms with Crippen molar-refractivity contribution in [2.24, 2.45) is 0 Å². The van der Waals surface area contributed by atoms with Gasteiger partial charge in [0.15, 0.2) is 5.16 Å². The molecular formula is C25H29N5O3S. The van der Waals surface area contributed by atoms with E-state index in [0.717, 1.165) is 12.1 Å². The lowest BCUT2D eigenvalue weighted by Crippen LogP contribution is -2.38. The van der Waals surface area contributed by atoms with Crippen molar-refractivity contribution in [3.05, 3.63) is 65.5 Å². The maximum atomic E-state index is 13.0. The number of nitrogens with zero attached hydrogens (tertiary/aromatic N) is 5. The molecule has 0 N–H and O–H groups in total. The van der Waals surface area contributed by atoms with Crippen LogP contribution in [0.4, 0.5) is 0 Å². The van der Waals surface area contributed by atoms with Crippen LogP contribution < -0.4 is 4.74 Å². The quantitative estimate of drug-likeness (QED) is 0.505. The topological polar surface area (TPSA) is 80.6 Å². The number of rotatable bonds is 6. The number of hydrogen-bond acceptors (Lipinski definition) is 6. The Hall–Kier alpha value is -3.33. The molecule has 0 radical (unpaired) electrons. The fourth-order valence-electron chi connectivity index (χ4n) is 3.95. The Morgan fingerprint density at radius 3 is 2.56 bits per heavy atom. The van der Waals surface area contributed by atoms with E-state index in [1.807, 2.05) is 27.7 Å². The zero-order valence-electron chi connectivity index (χ0n) is 19.7. The fraction of sp³-hybridized carbons (Fsp3) is 0.360. The normalized spacial score (nSPS) is 14.1. The van der Waals surface area contributed by atoms with Gasteiger partial charge in [0, 0.05) is 31.9 Å². The first-order valence-electron chi connectivity index (χ1n) is 11.3. The summed E-state index contributed by atoms with van der Waals surface area (Å²) in [5, 5.41) is 8.93. The Bertz CT molecular complexity index is 1180. The molecule has 1 saturated heterocycles. The molecule has 1 fully saturated rings. The molecule has 4 rings (SSSR count). The minimum atomic E-state index is -0.0670. The van der Waals surface area contributed by atoms with Crippen LogP contribution in [-0.2, 0) is 4.79 Å². The third-order valence-corrected chi connectivity index (χ3v) is 7.01. The Kier molecular flexibility index (Phi) is 7.52. The molecule has 8 nitrogen and oxygen atoms in total. The summed E-state index contributed by atoms with van der Waals surface area (Å²) in [5.41, 5.74) is 3.94. The Balaban J connectivity index is 1.36. The Morgan fingerprint density at radius 2 is 1.76 bits per heavy atom. The number of hydrogen-bond donors (Lipinski definition) is 0. The highest BCUT2D eigenvalue weighted by Gasteiger charge is 2.25. The van der Waals surface area contributed by atoms with Crippen molar-refractivity contribution in [2.75, 3.05) is 39.0 Å². The molecule has 3 aromatic rings. The number of aromatic nitrogens is 3. The number of aryl methyl sites for hydroxylation is 2. The molecule has 2 heterocycles. The molecule has 9 heteroatoms. The lowest BCUT2D eigenvalue weighted by molar-refractivity contribution is -0.128. The van der Waals surface area contributed by atoms with Gasteiger partial charge in [-0.3, -0.25) is 14.2 Å². The summed E-state index contributed by atoms with van der Waals surface area (Å²) in [6.07, 6.45) is 2.40. The number of carbonyl (C=O) groups is 2. The predicted octanol–water partition coefficient (Wildman–Crippen LogP) is 3.36. The number of para-hydroxylation sites is 1. The molecule has 0 atom stereocenters. The average Bonchev–Trinajstić information content (AvgIpc) is 3.19. The summed E-state index contributed by atoms with van der Waals surface area (Å²) in [6, 6.07) is 13.4. The number of ether oxygens (including phenoxy) is 1. The van der Waals surface area contributed by atoms with Gasteiger partial charge >= 0.3 is 0 Å². The van der Waals surface area contributed by atoms with Gasteiger partial charge in [0.25, 0.3) is 5.91 Å². The van der Waals surface area contributed by atoms with E-state index < -0.39 is 0 Å². The molecule has 1 aliphatic rings. The molecule has 0 saturated carbocycles. The molecule has 0 aliphatic carbocycles. The van der Waals surface area contributed by atoms with Gasteiger partial charge in [-0.1, -0.05) is 30.0 Å². The van der Waals surface area contributed by atoms with Crippen LogP contribution in [0.1, 0.15) is 27.9 Å². The van der Waals surface area contributed by atoms with Crippen molar-refractivity contribution >= 4 is 23.6 Å². The second-order valence-electron chi connectivity index (χ2n) is 8.27. The van der Waals surface area contributed by atoms with E-state index in [9.17, 15) is 9.59 Å². The second kappa shape index (κ2) is 10.7. The van der Waals surface area contributed by atoms with Gasteiger partial charge in [0.2, 0.25) is 5.91 Å². The molecule has 1 aromatic heterocycles. The molecule has 2 aromatic carbocycles. The molecular weight excluding hydrogens is 450 g/mol. The van der Waals surface area contributed by atoms with Crippen LogP contribution in [-0.4, -0.2) is 75.4 Å². The van der Waals surface area contributed by atoms with Gasteiger partial charge in [0.1, 0.15) is 12.1 Å². The Labute approximate surface area is 203 Å². The summed E-state index contributed by atoms with van der Waals surface area (Å²) in [7, 11) is 1.56. The standard InChI is InChI=1S/C25H29N5O3S/c1-18-9-10-20(15-19(18)2)30-17-26-27-25(30)34-16-23(31)28-11-6-12-29(14-13-28)24(32)21-7-4-5-8-22(21)33-3/h4-5,7-10,15,17H,6,11-14,16H2,1-3H3. The van der Waals surface area contributed by atoms with E-state index in [2.05, 4.69) is 36.2 Å². The first-order chi connectivity index (χ1) is 16.5. The number of methoxy groups -OCH3 is 1. The number of amides is 2. The van der Waals surface area contributed by atoms with E-state index in [1.54, 1.807) is 30.5 Å². The van der Waals surface area contributed by atoms with Crippen LogP contribution in [0.5, 0.6) is 5.75 Å². The predicted molar refractivity (Wildman–Crippen MR) is 132 cm³/mol. The fourth-order valence-corrected chi connectivity index (χ4v) is 4.79. The van der Waals surface area contributed by atoms with Crippen LogP contribution in [0.2, 0.25) is 0 Å². The smallest absolute Gasteiger partial charge is 0.257 e. The van der Waals surface area contributed by atoms with E-state index in [1.165, 1.54) is 22.9 Å². The van der Waals surface area contributed by atoms with Crippen molar-refractivity contribution in [3.63, 3.8) is 0 Å². The number of thioether (sulfide) groups is 1. The zero-order valence-corrected chi connectivity index (χ0v) is 20.5. The average molecular weight is 480 g/mol. The van der Waals surface area contributed by atoms with Crippen LogP contribution in [0, 0.1) is 13.8 Å². The van der Waals surface area contributed by atoms with Crippen molar-refractivity contribution in [1.29, 1.82) is 0 Å². The minimum absolute atomic E-state index is 0.0335. The molecule has 34 heavy (non-hydrogen) atoms. The summed E-state index contributed by atoms with van der Waals surface area (Å²) >= 11 is 1.38. The SMILES string of the molecule is COc1ccccc1C(=O)N1CCCN(C(=O)CSc2nncn2-c2ccc(C)c(C)c2)CC1. The van der Waals surface area contributed by atoms with Gasteiger partial charge in [-0.05, 0) is 55.7 Å². The largest absolute Gasteiger partial charge is 0.496 e. The molecule has 0 bridgehead atoms. The van der Waals surface area contributed by atoms with Crippen LogP contribution >= 0.6 is 11.8 Å². The van der Waals surface area contributed by atoms with Crippen LogP contribution in [0.3, 0.4) is 0 Å². The van der Waals surface area contributed by atoms with E-state index in [-0.39, 0.29) is 17.6 Å².